The first kappa shape index (κ1) is 12.8. The first-order chi connectivity index (χ1) is 8.70. The van der Waals surface area contributed by atoms with Crippen molar-refractivity contribution in [2.75, 3.05) is 11.9 Å². The molecule has 0 saturated heterocycles. The second-order valence-electron chi connectivity index (χ2n) is 4.83. The Kier molecular flexibility index (Phi) is 4.15. The molecule has 0 aliphatic heterocycles. The Morgan fingerprint density at radius 3 is 2.78 bits per heavy atom. The van der Waals surface area contributed by atoms with E-state index in [1.807, 2.05) is 0 Å². The predicted octanol–water partition coefficient (Wildman–Crippen LogP) is 1.11. The molecule has 1 aliphatic rings. The van der Waals surface area contributed by atoms with Gasteiger partial charge in [-0.25, -0.2) is 4.98 Å². The number of primary amides is 1. The van der Waals surface area contributed by atoms with Crippen LogP contribution in [0, 0.1) is 5.92 Å². The number of aromatic nitrogens is 1. The highest BCUT2D eigenvalue weighted by Gasteiger charge is 2.23. The predicted molar refractivity (Wildman–Crippen MR) is 71.2 cm³/mol. The quantitative estimate of drug-likeness (QED) is 0.744. The number of hydrogen-bond acceptors (Lipinski definition) is 4. The molecule has 2 unspecified atom stereocenters. The maximum absolute atomic E-state index is 10.9. The molecule has 1 saturated carbocycles. The largest absolute Gasteiger partial charge is 0.367 e. The van der Waals surface area contributed by atoms with E-state index in [9.17, 15) is 4.79 Å². The van der Waals surface area contributed by atoms with Gasteiger partial charge in [0.1, 0.15) is 5.82 Å². The molecule has 0 aromatic carbocycles. The molecule has 1 aromatic rings. The highest BCUT2D eigenvalue weighted by atomic mass is 16.1. The Hall–Kier alpha value is -1.62. The molecular weight excluding hydrogens is 228 g/mol. The average molecular weight is 248 g/mol. The molecular formula is C13H20N4O. The molecule has 1 fully saturated rings. The monoisotopic (exact) mass is 248 g/mol. The zero-order valence-corrected chi connectivity index (χ0v) is 10.4. The molecule has 0 spiro atoms. The van der Waals surface area contributed by atoms with Gasteiger partial charge in [-0.2, -0.15) is 0 Å². The molecule has 18 heavy (non-hydrogen) atoms. The Labute approximate surface area is 107 Å². The average Bonchev–Trinajstić information content (AvgIpc) is 2.40. The van der Waals surface area contributed by atoms with Crippen LogP contribution in [0.5, 0.6) is 0 Å². The van der Waals surface area contributed by atoms with Crippen LogP contribution in [0.2, 0.25) is 0 Å². The number of hydrogen-bond donors (Lipinski definition) is 3. The van der Waals surface area contributed by atoms with Crippen molar-refractivity contribution >= 4 is 11.7 Å². The van der Waals surface area contributed by atoms with Crippen LogP contribution >= 0.6 is 0 Å². The zero-order chi connectivity index (χ0) is 13.0. The maximum Gasteiger partial charge on any atom is 0.250 e. The summed E-state index contributed by atoms with van der Waals surface area (Å²) in [7, 11) is 0. The minimum absolute atomic E-state index is 0.385. The number of anilines is 1. The molecule has 5 nitrogen and oxygen atoms in total. The van der Waals surface area contributed by atoms with Crippen molar-refractivity contribution in [3.8, 4) is 0 Å². The smallest absolute Gasteiger partial charge is 0.250 e. The van der Waals surface area contributed by atoms with Gasteiger partial charge < -0.3 is 16.8 Å². The summed E-state index contributed by atoms with van der Waals surface area (Å²) in [6.07, 6.45) is 6.29. The van der Waals surface area contributed by atoms with Gasteiger partial charge >= 0.3 is 0 Å². The number of rotatable bonds is 4. The van der Waals surface area contributed by atoms with Crippen LogP contribution in [0.15, 0.2) is 18.3 Å². The number of carbonyl (C=O) groups is 1. The van der Waals surface area contributed by atoms with Gasteiger partial charge in [0.25, 0.3) is 0 Å². The van der Waals surface area contributed by atoms with E-state index in [4.69, 9.17) is 11.5 Å². The number of carbonyl (C=O) groups excluding carboxylic acids is 1. The van der Waals surface area contributed by atoms with E-state index in [1.165, 1.54) is 25.5 Å². The summed E-state index contributed by atoms with van der Waals surface area (Å²) < 4.78 is 0. The highest BCUT2D eigenvalue weighted by Crippen LogP contribution is 2.26. The summed E-state index contributed by atoms with van der Waals surface area (Å²) in [6.45, 7) is 0.705. The number of nitrogens with zero attached hydrogens (tertiary/aromatic N) is 1. The van der Waals surface area contributed by atoms with Crippen LogP contribution in [0.1, 0.15) is 36.0 Å². The van der Waals surface area contributed by atoms with Crippen LogP contribution in [0.25, 0.3) is 0 Å². The van der Waals surface area contributed by atoms with Crippen molar-refractivity contribution in [3.63, 3.8) is 0 Å². The van der Waals surface area contributed by atoms with Crippen LogP contribution in [0.4, 0.5) is 5.82 Å². The van der Waals surface area contributed by atoms with E-state index in [-0.39, 0.29) is 0 Å². The Morgan fingerprint density at radius 1 is 1.39 bits per heavy atom. The second kappa shape index (κ2) is 5.82. The minimum atomic E-state index is -0.452. The van der Waals surface area contributed by atoms with Crippen LogP contribution in [-0.4, -0.2) is 23.5 Å². The third kappa shape index (κ3) is 2.98. The van der Waals surface area contributed by atoms with Gasteiger partial charge in [-0.3, -0.25) is 4.79 Å². The summed E-state index contributed by atoms with van der Waals surface area (Å²) in [5.41, 5.74) is 11.4. The Bertz CT molecular complexity index is 404. The fourth-order valence-corrected chi connectivity index (χ4v) is 2.49. The van der Waals surface area contributed by atoms with Crippen LogP contribution < -0.4 is 16.8 Å². The van der Waals surface area contributed by atoms with Gasteiger partial charge in [0, 0.05) is 12.2 Å². The van der Waals surface area contributed by atoms with Gasteiger partial charge in [0.05, 0.1) is 5.56 Å². The Balaban J connectivity index is 2.01. The molecule has 2 rings (SSSR count). The summed E-state index contributed by atoms with van der Waals surface area (Å²) in [4.78, 5) is 15.2. The van der Waals surface area contributed by atoms with Gasteiger partial charge in [-0.1, -0.05) is 12.8 Å². The molecule has 1 aliphatic carbocycles. The first-order valence-corrected chi connectivity index (χ1v) is 6.43. The summed E-state index contributed by atoms with van der Waals surface area (Å²) in [6, 6.07) is 3.87. The highest BCUT2D eigenvalue weighted by molar-refractivity contribution is 5.92. The lowest BCUT2D eigenvalue weighted by Crippen LogP contribution is -2.36. The fraction of sp³-hybridized carbons (Fsp3) is 0.538. The van der Waals surface area contributed by atoms with Crippen molar-refractivity contribution in [2.45, 2.75) is 31.7 Å². The molecule has 5 heteroatoms. The normalized spacial score (nSPS) is 23.6. The first-order valence-electron chi connectivity index (χ1n) is 6.43. The molecule has 1 heterocycles. The fourth-order valence-electron chi connectivity index (χ4n) is 2.49. The number of nitrogens with two attached hydrogens (primary N) is 2. The second-order valence-corrected chi connectivity index (χ2v) is 4.83. The third-order valence-corrected chi connectivity index (χ3v) is 3.59. The van der Waals surface area contributed by atoms with Crippen molar-refractivity contribution in [2.24, 2.45) is 17.4 Å². The molecule has 1 aromatic heterocycles. The number of amides is 1. The molecule has 5 N–H and O–H groups in total. The number of nitrogens with one attached hydrogen (secondary N) is 1. The number of pyridine rings is 1. The van der Waals surface area contributed by atoms with E-state index >= 15 is 0 Å². The third-order valence-electron chi connectivity index (χ3n) is 3.59. The summed E-state index contributed by atoms with van der Waals surface area (Å²) in [5, 5.41) is 3.40. The van der Waals surface area contributed by atoms with Gasteiger partial charge in [-0.15, -0.1) is 0 Å². The van der Waals surface area contributed by atoms with E-state index in [0.29, 0.717) is 24.1 Å². The molecule has 0 radical (unpaired) electrons. The Morgan fingerprint density at radius 2 is 2.17 bits per heavy atom. The standard InChI is InChI=1S/C13H20N4O/c14-7-9-3-1-2-4-11(9)17-12-6-5-10(8-16-12)13(15)18/h5-6,8-9,11H,1-4,7,14H2,(H2,15,18)(H,16,17). The molecule has 98 valence electrons. The van der Waals surface area contributed by atoms with E-state index in [1.54, 1.807) is 12.1 Å². The maximum atomic E-state index is 10.9. The lowest BCUT2D eigenvalue weighted by molar-refractivity contribution is 0.1000. The summed E-state index contributed by atoms with van der Waals surface area (Å²) >= 11 is 0. The lowest BCUT2D eigenvalue weighted by Gasteiger charge is -2.31. The van der Waals surface area contributed by atoms with Crippen molar-refractivity contribution in [1.82, 2.24) is 4.98 Å². The molecule has 2 atom stereocenters. The van der Waals surface area contributed by atoms with Crippen molar-refractivity contribution in [3.05, 3.63) is 23.9 Å². The van der Waals surface area contributed by atoms with Crippen LogP contribution in [-0.2, 0) is 0 Å². The van der Waals surface area contributed by atoms with Crippen molar-refractivity contribution < 1.29 is 4.79 Å². The lowest BCUT2D eigenvalue weighted by atomic mass is 9.84. The van der Waals surface area contributed by atoms with Gasteiger partial charge in [0.15, 0.2) is 0 Å². The van der Waals surface area contributed by atoms with E-state index in [0.717, 1.165) is 12.2 Å². The van der Waals surface area contributed by atoms with Gasteiger partial charge in [-0.05, 0) is 37.4 Å². The van der Waals surface area contributed by atoms with Crippen LogP contribution in [0.3, 0.4) is 0 Å². The molecule has 1 amide bonds. The summed E-state index contributed by atoms with van der Waals surface area (Å²) in [5.74, 6) is 0.841. The zero-order valence-electron chi connectivity index (χ0n) is 10.4. The van der Waals surface area contributed by atoms with E-state index < -0.39 is 5.91 Å². The van der Waals surface area contributed by atoms with Gasteiger partial charge in [0.2, 0.25) is 5.91 Å². The topological polar surface area (TPSA) is 94.0 Å². The van der Waals surface area contributed by atoms with Crippen molar-refractivity contribution in [1.29, 1.82) is 0 Å². The van der Waals surface area contributed by atoms with E-state index in [2.05, 4.69) is 10.3 Å². The minimum Gasteiger partial charge on any atom is -0.367 e. The molecule has 0 bridgehead atoms. The SMILES string of the molecule is NCC1CCCCC1Nc1ccc(C(N)=O)cn1.